The quantitative estimate of drug-likeness (QED) is 0.577. The van der Waals surface area contributed by atoms with Crippen LogP contribution in [0.5, 0.6) is 0 Å². The average molecular weight is 550 g/mol. The molecule has 1 unspecified atom stereocenters. The Morgan fingerprint density at radius 3 is 2.32 bits per heavy atom. The summed E-state index contributed by atoms with van der Waals surface area (Å²) >= 11 is 7.65. The van der Waals surface area contributed by atoms with Crippen LogP contribution in [0.1, 0.15) is 6.42 Å². The molecular weight excluding hydrogens is 522 g/mol. The summed E-state index contributed by atoms with van der Waals surface area (Å²) in [5, 5.41) is 9.92. The number of carbonyl (C=O) groups is 3. The number of aliphatic hydroxyl groups is 1. The number of rotatable bonds is 5. The minimum absolute atomic E-state index is 0.0955. The van der Waals surface area contributed by atoms with E-state index >= 15 is 0 Å². The van der Waals surface area contributed by atoms with Gasteiger partial charge in [0.1, 0.15) is 6.04 Å². The first-order chi connectivity index (χ1) is 18.5. The van der Waals surface area contributed by atoms with Gasteiger partial charge in [0, 0.05) is 47.9 Å². The summed E-state index contributed by atoms with van der Waals surface area (Å²) < 4.78 is -0.889. The van der Waals surface area contributed by atoms with Crippen LogP contribution in [-0.2, 0) is 14.4 Å². The van der Waals surface area contributed by atoms with Gasteiger partial charge in [-0.25, -0.2) is 0 Å². The highest BCUT2D eigenvalue weighted by molar-refractivity contribution is 8.02. The van der Waals surface area contributed by atoms with E-state index in [1.807, 2.05) is 54.6 Å². The molecule has 9 heteroatoms. The van der Waals surface area contributed by atoms with Gasteiger partial charge < -0.3 is 19.8 Å². The van der Waals surface area contributed by atoms with Gasteiger partial charge in [-0.05, 0) is 42.8 Å². The lowest BCUT2D eigenvalue weighted by atomic mass is 9.78. The molecule has 0 saturated carbocycles. The standard InChI is InChI=1S/C29H28ClN3O4S/c30-19-10-12-21(13-11-19)32-16-5-14-29-24(27(36)33(17-6-18-34)25(29)28(32)37)23-22(38-29)9-4-15-31(26(23)35)20-7-2-1-3-8-20/h1-5,7-14,22-25,34H,6,15-18H2/t22-,23+,24+,25?,29+/m1/s1. The highest BCUT2D eigenvalue weighted by atomic mass is 35.5. The van der Waals surface area contributed by atoms with E-state index in [4.69, 9.17) is 11.6 Å². The Hall–Kier alpha value is -3.07. The van der Waals surface area contributed by atoms with Crippen molar-refractivity contribution >= 4 is 52.5 Å². The Labute approximate surface area is 230 Å². The number of carbonyl (C=O) groups excluding carboxylic acids is 3. The second-order valence-electron chi connectivity index (χ2n) is 9.99. The fraction of sp³-hybridized carbons (Fsp3) is 0.345. The van der Waals surface area contributed by atoms with E-state index in [0.29, 0.717) is 30.2 Å². The number of anilines is 2. The molecule has 5 atom stereocenters. The van der Waals surface area contributed by atoms with Crippen LogP contribution in [0.3, 0.4) is 0 Å². The Morgan fingerprint density at radius 1 is 0.895 bits per heavy atom. The molecule has 4 heterocycles. The van der Waals surface area contributed by atoms with E-state index in [1.165, 1.54) is 0 Å². The molecule has 2 fully saturated rings. The Bertz CT molecular complexity index is 1320. The minimum Gasteiger partial charge on any atom is -0.396 e. The number of para-hydroxylation sites is 1. The third-order valence-corrected chi connectivity index (χ3v) is 9.92. The van der Waals surface area contributed by atoms with E-state index in [-0.39, 0.29) is 36.1 Å². The van der Waals surface area contributed by atoms with Crippen LogP contribution in [-0.4, -0.2) is 70.0 Å². The maximum atomic E-state index is 14.3. The lowest BCUT2D eigenvalue weighted by Gasteiger charge is -2.35. The van der Waals surface area contributed by atoms with Crippen molar-refractivity contribution in [1.82, 2.24) is 4.90 Å². The molecule has 1 N–H and O–H groups in total. The third-order valence-electron chi connectivity index (χ3n) is 7.92. The van der Waals surface area contributed by atoms with Crippen LogP contribution in [0.4, 0.5) is 11.4 Å². The number of thioether (sulfide) groups is 1. The van der Waals surface area contributed by atoms with Gasteiger partial charge in [-0.2, -0.15) is 0 Å². The molecule has 4 aliphatic heterocycles. The van der Waals surface area contributed by atoms with Crippen molar-refractivity contribution in [3.05, 3.63) is 83.9 Å². The zero-order valence-corrected chi connectivity index (χ0v) is 22.2. The number of aliphatic hydroxyl groups excluding tert-OH is 1. The summed E-state index contributed by atoms with van der Waals surface area (Å²) in [5.41, 5.74) is 1.48. The molecule has 4 aliphatic rings. The number of nitrogens with zero attached hydrogens (tertiary/aromatic N) is 3. The highest BCUT2D eigenvalue weighted by Gasteiger charge is 2.71. The first-order valence-electron chi connectivity index (χ1n) is 12.8. The van der Waals surface area contributed by atoms with E-state index in [0.717, 1.165) is 5.69 Å². The number of fused-ring (bicyclic) bond motifs is 2. The van der Waals surface area contributed by atoms with E-state index in [1.54, 1.807) is 50.7 Å². The summed E-state index contributed by atoms with van der Waals surface area (Å²) in [4.78, 5) is 47.6. The second-order valence-corrected chi connectivity index (χ2v) is 11.9. The minimum atomic E-state index is -0.889. The third kappa shape index (κ3) is 3.89. The van der Waals surface area contributed by atoms with E-state index < -0.39 is 22.6 Å². The molecule has 1 spiro atoms. The molecule has 2 aromatic carbocycles. The normalized spacial score (nSPS) is 30.3. The molecule has 38 heavy (non-hydrogen) atoms. The van der Waals surface area contributed by atoms with Crippen molar-refractivity contribution in [3.63, 3.8) is 0 Å². The van der Waals surface area contributed by atoms with Crippen LogP contribution >= 0.6 is 23.4 Å². The number of halogens is 1. The Balaban J connectivity index is 1.43. The summed E-state index contributed by atoms with van der Waals surface area (Å²) in [6.07, 6.45) is 8.33. The Kier molecular flexibility index (Phi) is 6.58. The van der Waals surface area contributed by atoms with Crippen molar-refractivity contribution < 1.29 is 19.5 Å². The van der Waals surface area contributed by atoms with Crippen LogP contribution in [0.25, 0.3) is 0 Å². The highest BCUT2D eigenvalue weighted by Crippen LogP contribution is 2.61. The summed E-state index contributed by atoms with van der Waals surface area (Å²) in [6, 6.07) is 15.8. The number of benzene rings is 2. The van der Waals surface area contributed by atoms with Gasteiger partial charge >= 0.3 is 0 Å². The van der Waals surface area contributed by atoms with Crippen LogP contribution in [0, 0.1) is 11.8 Å². The first kappa shape index (κ1) is 25.2. The van der Waals surface area contributed by atoms with Gasteiger partial charge in [-0.15, -0.1) is 11.8 Å². The number of hydrogen-bond donors (Lipinski definition) is 1. The van der Waals surface area contributed by atoms with Gasteiger partial charge in [0.05, 0.1) is 16.6 Å². The lowest BCUT2D eigenvalue weighted by molar-refractivity contribution is -0.138. The average Bonchev–Trinajstić information content (AvgIpc) is 3.23. The second kappa shape index (κ2) is 9.91. The first-order valence-corrected chi connectivity index (χ1v) is 14.1. The van der Waals surface area contributed by atoms with Crippen molar-refractivity contribution in [1.29, 1.82) is 0 Å². The molecule has 7 nitrogen and oxygen atoms in total. The molecule has 0 aromatic heterocycles. The van der Waals surface area contributed by atoms with Crippen molar-refractivity contribution in [2.75, 3.05) is 36.0 Å². The van der Waals surface area contributed by atoms with E-state index in [9.17, 15) is 19.5 Å². The fourth-order valence-electron chi connectivity index (χ4n) is 6.31. The molecule has 2 aromatic rings. The molecule has 0 radical (unpaired) electrons. The molecule has 196 valence electrons. The van der Waals surface area contributed by atoms with Crippen LogP contribution in [0.15, 0.2) is 78.9 Å². The smallest absolute Gasteiger partial charge is 0.251 e. The van der Waals surface area contributed by atoms with Gasteiger partial charge in [-0.1, -0.05) is 54.1 Å². The predicted molar refractivity (Wildman–Crippen MR) is 149 cm³/mol. The van der Waals surface area contributed by atoms with Crippen LogP contribution < -0.4 is 9.80 Å². The zero-order chi connectivity index (χ0) is 26.4. The summed E-state index contributed by atoms with van der Waals surface area (Å²) in [5.74, 6) is -1.78. The lowest BCUT2D eigenvalue weighted by Crippen LogP contribution is -2.53. The van der Waals surface area contributed by atoms with E-state index in [2.05, 4.69) is 0 Å². The largest absolute Gasteiger partial charge is 0.396 e. The van der Waals surface area contributed by atoms with Crippen molar-refractivity contribution in [2.24, 2.45) is 11.8 Å². The SMILES string of the molecule is O=C1C2N(CCCO)C(=O)[C@@H]3[C@H]4C(=O)N(c5ccccc5)CC=C[C@H]4S[C@]23C=CCN1c1ccc(Cl)cc1. The summed E-state index contributed by atoms with van der Waals surface area (Å²) in [6.45, 7) is 0.933. The van der Waals surface area contributed by atoms with Crippen molar-refractivity contribution in [3.8, 4) is 0 Å². The fourth-order valence-corrected chi connectivity index (χ4v) is 8.44. The van der Waals surface area contributed by atoms with Gasteiger partial charge in [0.25, 0.3) is 5.91 Å². The topological polar surface area (TPSA) is 81.2 Å². The predicted octanol–water partition coefficient (Wildman–Crippen LogP) is 3.53. The number of hydrogen-bond acceptors (Lipinski definition) is 5. The van der Waals surface area contributed by atoms with Crippen LogP contribution in [0.2, 0.25) is 5.02 Å². The molecule has 3 amide bonds. The van der Waals surface area contributed by atoms with Gasteiger partial charge in [0.15, 0.2) is 0 Å². The maximum absolute atomic E-state index is 14.3. The van der Waals surface area contributed by atoms with Gasteiger partial charge in [-0.3, -0.25) is 14.4 Å². The zero-order valence-electron chi connectivity index (χ0n) is 20.7. The maximum Gasteiger partial charge on any atom is 0.251 e. The molecule has 6 rings (SSSR count). The summed E-state index contributed by atoms with van der Waals surface area (Å²) in [7, 11) is 0. The molecule has 0 aliphatic carbocycles. The number of amides is 3. The number of likely N-dealkylation sites (tertiary alicyclic amines) is 1. The monoisotopic (exact) mass is 549 g/mol. The van der Waals surface area contributed by atoms with Gasteiger partial charge in [0.2, 0.25) is 11.8 Å². The molecule has 0 bridgehead atoms. The molecule has 2 saturated heterocycles. The molecular formula is C29H28ClN3O4S. The Morgan fingerprint density at radius 2 is 1.58 bits per heavy atom. The van der Waals surface area contributed by atoms with Crippen molar-refractivity contribution in [2.45, 2.75) is 22.5 Å².